The molecule has 10 heteroatoms. The van der Waals surface area contributed by atoms with Crippen molar-refractivity contribution < 1.29 is 29.0 Å². The Bertz CT molecular complexity index is 1460. The number of carbonyl (C=O) groups is 3. The molecule has 4 N–H and O–H groups in total. The Hall–Kier alpha value is -3.89. The molecule has 0 saturated carbocycles. The number of hydrogen-bond acceptors (Lipinski definition) is 6. The summed E-state index contributed by atoms with van der Waals surface area (Å²) in [5.74, 6) is -1.97. The average Bonchev–Trinajstić information content (AvgIpc) is 3.28. The predicted molar refractivity (Wildman–Crippen MR) is 160 cm³/mol. The van der Waals surface area contributed by atoms with Crippen molar-refractivity contribution in [2.45, 2.75) is 63.6 Å². The molecule has 1 saturated heterocycles. The van der Waals surface area contributed by atoms with Gasteiger partial charge in [-0.25, -0.2) is 4.39 Å². The van der Waals surface area contributed by atoms with Crippen molar-refractivity contribution in [2.75, 3.05) is 5.88 Å². The van der Waals surface area contributed by atoms with E-state index < -0.39 is 40.6 Å². The maximum Gasteiger partial charge on any atom is 0.254 e. The summed E-state index contributed by atoms with van der Waals surface area (Å²) in [6, 6.07) is 15.8. The maximum atomic E-state index is 13.8. The molecule has 0 spiro atoms. The monoisotopic (exact) mass is 593 g/mol. The van der Waals surface area contributed by atoms with Crippen LogP contribution in [0.25, 0.3) is 0 Å². The lowest BCUT2D eigenvalue weighted by atomic mass is 9.96. The number of aliphatic hydroxyl groups excluding tert-OH is 1. The highest BCUT2D eigenvalue weighted by Crippen LogP contribution is 2.40. The molecule has 4 rings (SSSR count). The molecule has 0 bridgehead atoms. The van der Waals surface area contributed by atoms with Crippen molar-refractivity contribution in [3.8, 4) is 5.75 Å². The fourth-order valence-electron chi connectivity index (χ4n) is 5.07. The molecule has 1 unspecified atom stereocenters. The second-order valence-corrected chi connectivity index (χ2v) is 12.6. The van der Waals surface area contributed by atoms with E-state index in [1.54, 1.807) is 6.92 Å². The highest BCUT2D eigenvalue weighted by molar-refractivity contribution is 8.00. The van der Waals surface area contributed by atoms with Gasteiger partial charge in [0, 0.05) is 22.4 Å². The molecule has 222 valence electrons. The zero-order chi connectivity index (χ0) is 30.6. The lowest BCUT2D eigenvalue weighted by Crippen LogP contribution is -2.58. The second-order valence-electron chi connectivity index (χ2n) is 11.0. The minimum Gasteiger partial charge on any atom is -0.508 e. The molecule has 8 nitrogen and oxygen atoms in total. The first-order valence-electron chi connectivity index (χ1n) is 13.7. The molecule has 42 heavy (non-hydrogen) atoms. The molecule has 1 aliphatic rings. The number of thioether (sulfide) groups is 1. The van der Waals surface area contributed by atoms with Gasteiger partial charge < -0.3 is 25.7 Å². The van der Waals surface area contributed by atoms with Crippen LogP contribution in [-0.4, -0.2) is 61.6 Å². The molecule has 1 fully saturated rings. The first-order valence-corrected chi connectivity index (χ1v) is 14.7. The minimum absolute atomic E-state index is 0.0192. The molecule has 1 aliphatic heterocycles. The number of amides is 3. The number of aryl methyl sites for hydroxylation is 1. The van der Waals surface area contributed by atoms with Crippen LogP contribution in [0, 0.1) is 19.7 Å². The van der Waals surface area contributed by atoms with Gasteiger partial charge in [0.25, 0.3) is 11.8 Å². The van der Waals surface area contributed by atoms with Gasteiger partial charge in [-0.2, -0.15) is 0 Å². The molecular weight excluding hydrogens is 557 g/mol. The van der Waals surface area contributed by atoms with E-state index in [9.17, 15) is 29.0 Å². The molecule has 3 aromatic carbocycles. The average molecular weight is 594 g/mol. The van der Waals surface area contributed by atoms with Gasteiger partial charge in [0.15, 0.2) is 6.10 Å². The normalized spacial score (nSPS) is 17.4. The Balaban J connectivity index is 1.57. The molecule has 3 atom stereocenters. The van der Waals surface area contributed by atoms with E-state index in [1.165, 1.54) is 59.1 Å². The zero-order valence-corrected chi connectivity index (χ0v) is 24.9. The summed E-state index contributed by atoms with van der Waals surface area (Å²) in [5, 5.41) is 27.2. The van der Waals surface area contributed by atoms with Crippen molar-refractivity contribution in [1.82, 2.24) is 15.5 Å². The van der Waals surface area contributed by atoms with Crippen molar-refractivity contribution in [3.63, 3.8) is 0 Å². The maximum absolute atomic E-state index is 13.8. The fraction of sp³-hybridized carbons (Fsp3) is 0.344. The highest BCUT2D eigenvalue weighted by Gasteiger charge is 2.49. The summed E-state index contributed by atoms with van der Waals surface area (Å²) in [4.78, 5) is 41.9. The molecule has 1 heterocycles. The van der Waals surface area contributed by atoms with Crippen LogP contribution in [0.2, 0.25) is 0 Å². The fourth-order valence-corrected chi connectivity index (χ4v) is 6.21. The van der Waals surface area contributed by atoms with Crippen LogP contribution in [0.1, 0.15) is 46.5 Å². The topological polar surface area (TPSA) is 119 Å². The van der Waals surface area contributed by atoms with Crippen LogP contribution in [0.4, 0.5) is 4.39 Å². The number of benzene rings is 3. The van der Waals surface area contributed by atoms with E-state index in [-0.39, 0.29) is 29.5 Å². The molecule has 3 aromatic rings. The van der Waals surface area contributed by atoms with Crippen molar-refractivity contribution >= 4 is 29.5 Å². The number of aromatic hydroxyl groups is 1. The first-order chi connectivity index (χ1) is 19.9. The van der Waals surface area contributed by atoms with E-state index >= 15 is 0 Å². The summed E-state index contributed by atoms with van der Waals surface area (Å²) < 4.78 is 12.9. The number of hydrogen-bond donors (Lipinski definition) is 4. The van der Waals surface area contributed by atoms with E-state index in [0.29, 0.717) is 17.7 Å². The third kappa shape index (κ3) is 6.94. The van der Waals surface area contributed by atoms with Gasteiger partial charge in [-0.15, -0.1) is 11.8 Å². The second kappa shape index (κ2) is 13.0. The Labute approximate surface area is 249 Å². The Morgan fingerprint density at radius 3 is 2.43 bits per heavy atom. The van der Waals surface area contributed by atoms with Crippen molar-refractivity contribution in [3.05, 3.63) is 100 Å². The van der Waals surface area contributed by atoms with Gasteiger partial charge in [0.2, 0.25) is 5.91 Å². The molecular formula is C32H36FN3O5S. The Morgan fingerprint density at radius 1 is 1.05 bits per heavy atom. The summed E-state index contributed by atoms with van der Waals surface area (Å²) >= 11 is 1.42. The van der Waals surface area contributed by atoms with Crippen LogP contribution in [0.15, 0.2) is 66.7 Å². The zero-order valence-electron chi connectivity index (χ0n) is 24.1. The third-order valence-electron chi connectivity index (χ3n) is 7.66. The van der Waals surface area contributed by atoms with Gasteiger partial charge in [0.1, 0.15) is 17.6 Å². The lowest BCUT2D eigenvalue weighted by molar-refractivity contribution is -0.147. The number of nitrogens with zero attached hydrogens (tertiary/aromatic N) is 1. The molecule has 0 aliphatic carbocycles. The van der Waals surface area contributed by atoms with E-state index in [1.807, 2.05) is 45.0 Å². The summed E-state index contributed by atoms with van der Waals surface area (Å²) in [7, 11) is 0. The number of aliphatic hydroxyl groups is 1. The van der Waals surface area contributed by atoms with E-state index in [4.69, 9.17) is 0 Å². The number of carbonyl (C=O) groups excluding carboxylic acids is 3. The van der Waals surface area contributed by atoms with E-state index in [2.05, 4.69) is 10.6 Å². The SMILES string of the molecule is Cc1ccccc1CNC(=O)C1N(C(=O)[C@@H](O)[C@H](Cc2ccc(F)cc2)NC(=O)c2cccc(O)c2C)CSC1(C)C. The number of nitrogens with one attached hydrogen (secondary N) is 2. The Kier molecular flexibility index (Phi) is 9.58. The lowest BCUT2D eigenvalue weighted by Gasteiger charge is -2.33. The summed E-state index contributed by atoms with van der Waals surface area (Å²) in [6.45, 7) is 7.58. The van der Waals surface area contributed by atoms with Crippen LogP contribution in [0.5, 0.6) is 5.75 Å². The third-order valence-corrected chi connectivity index (χ3v) is 9.04. The number of halogens is 1. The van der Waals surface area contributed by atoms with Crippen molar-refractivity contribution in [1.29, 1.82) is 0 Å². The minimum atomic E-state index is -1.71. The first kappa shape index (κ1) is 31.1. The van der Waals surface area contributed by atoms with Gasteiger partial charge >= 0.3 is 0 Å². The molecule has 0 radical (unpaired) electrons. The number of phenolic OH excluding ortho intramolecular Hbond substituents is 1. The van der Waals surface area contributed by atoms with Crippen molar-refractivity contribution in [2.24, 2.45) is 0 Å². The highest BCUT2D eigenvalue weighted by atomic mass is 32.2. The predicted octanol–water partition coefficient (Wildman–Crippen LogP) is 3.85. The van der Waals surface area contributed by atoms with Gasteiger partial charge in [-0.3, -0.25) is 14.4 Å². The quantitative estimate of drug-likeness (QED) is 0.299. The van der Waals surface area contributed by atoms with Gasteiger partial charge in [0.05, 0.1) is 11.9 Å². The van der Waals surface area contributed by atoms with Crippen LogP contribution < -0.4 is 10.6 Å². The smallest absolute Gasteiger partial charge is 0.254 e. The standard InChI is InChI=1S/C32H36FN3O5S/c1-19-8-5-6-9-22(19)17-34-30(40)28-32(3,4)42-18-36(28)31(41)27(38)25(16-21-12-14-23(33)15-13-21)35-29(39)24-10-7-11-26(37)20(24)2/h5-15,25,27-28,37-38H,16-18H2,1-4H3,(H,34,40)(H,35,39)/t25-,27-,28?/m0/s1. The van der Waals surface area contributed by atoms with Crippen LogP contribution in [0.3, 0.4) is 0 Å². The van der Waals surface area contributed by atoms with E-state index in [0.717, 1.165) is 11.1 Å². The number of rotatable bonds is 9. The largest absolute Gasteiger partial charge is 0.508 e. The summed E-state index contributed by atoms with van der Waals surface area (Å²) in [5.41, 5.74) is 3.11. The number of phenols is 1. The van der Waals surface area contributed by atoms with Gasteiger partial charge in [-0.05, 0) is 75.1 Å². The van der Waals surface area contributed by atoms with Crippen LogP contribution >= 0.6 is 11.8 Å². The summed E-state index contributed by atoms with van der Waals surface area (Å²) in [6.07, 6.45) is -1.69. The van der Waals surface area contributed by atoms with Crippen LogP contribution in [-0.2, 0) is 22.6 Å². The molecule has 3 amide bonds. The Morgan fingerprint density at radius 2 is 1.74 bits per heavy atom. The molecule has 0 aromatic heterocycles. The van der Waals surface area contributed by atoms with Gasteiger partial charge in [-0.1, -0.05) is 42.5 Å².